The number of primary amides is 1. The van der Waals surface area contributed by atoms with Crippen molar-refractivity contribution in [1.29, 1.82) is 0 Å². The summed E-state index contributed by atoms with van der Waals surface area (Å²) in [5.74, 6) is 5.31. The minimum atomic E-state index is -1.59. The Labute approximate surface area is 209 Å². The van der Waals surface area contributed by atoms with Crippen LogP contribution in [0.4, 0.5) is 4.39 Å². The van der Waals surface area contributed by atoms with Gasteiger partial charge in [0.2, 0.25) is 5.88 Å². The summed E-state index contributed by atoms with van der Waals surface area (Å²) < 4.78 is 25.5. The molecule has 1 aliphatic carbocycles. The van der Waals surface area contributed by atoms with Gasteiger partial charge in [-0.1, -0.05) is 18.8 Å². The van der Waals surface area contributed by atoms with E-state index in [-0.39, 0.29) is 30.0 Å². The van der Waals surface area contributed by atoms with Crippen LogP contribution in [0.15, 0.2) is 18.2 Å². The predicted octanol–water partition coefficient (Wildman–Crippen LogP) is 2.94. The topological polar surface area (TPSA) is 121 Å². The first kappa shape index (κ1) is 25.4. The predicted molar refractivity (Wildman–Crippen MR) is 131 cm³/mol. The number of hydrogen-bond acceptors (Lipinski definition) is 6. The first-order valence-electron chi connectivity index (χ1n) is 12.2. The smallest absolute Gasteiger partial charge is 0.268 e. The number of nitrogens with zero attached hydrogens (tertiary/aromatic N) is 1. The van der Waals surface area contributed by atoms with Crippen molar-refractivity contribution in [3.63, 3.8) is 0 Å². The van der Waals surface area contributed by atoms with E-state index in [1.165, 1.54) is 7.11 Å². The lowest BCUT2D eigenvalue weighted by Crippen LogP contribution is -2.35. The summed E-state index contributed by atoms with van der Waals surface area (Å²) in [5.41, 5.74) is 6.05. The van der Waals surface area contributed by atoms with Crippen LogP contribution < -0.4 is 20.5 Å². The number of nitrogens with two attached hydrogens (primary N) is 1. The van der Waals surface area contributed by atoms with Gasteiger partial charge in [-0.05, 0) is 50.3 Å². The molecule has 9 heteroatoms. The monoisotopic (exact) mass is 495 g/mol. The van der Waals surface area contributed by atoms with Crippen molar-refractivity contribution >= 4 is 28.9 Å². The molecule has 36 heavy (non-hydrogen) atoms. The van der Waals surface area contributed by atoms with Gasteiger partial charge in [0.25, 0.3) is 11.8 Å². The van der Waals surface area contributed by atoms with Crippen molar-refractivity contribution in [2.45, 2.75) is 51.2 Å². The molecule has 4 rings (SSSR count). The second kappa shape index (κ2) is 10.9. The summed E-state index contributed by atoms with van der Waals surface area (Å²) in [7, 11) is 1.53. The van der Waals surface area contributed by atoms with E-state index in [4.69, 9.17) is 15.2 Å². The number of fused-ring (bicyclic) bond motifs is 1. The van der Waals surface area contributed by atoms with Crippen LogP contribution >= 0.6 is 0 Å². The minimum Gasteiger partial charge on any atom is -0.497 e. The van der Waals surface area contributed by atoms with Crippen molar-refractivity contribution in [2.24, 2.45) is 23.5 Å². The molecule has 1 saturated carbocycles. The number of amides is 2. The molecule has 2 heterocycles. The first-order chi connectivity index (χ1) is 17.4. The van der Waals surface area contributed by atoms with Crippen LogP contribution in [0.5, 0.6) is 11.6 Å². The standard InChI is InChI=1S/C27H30FN3O5/c1-3-18-22(30-26(34)23(18)28)14-36-27-21-12-17(35-2)9-11-19(21)20(24(31-27)25(29)33)10-8-15-4-6-16(13-32)7-5-15/h9,11-13,15-16,18,22-23H,3-7,14H2,1-2H3,(H2,29,33)(H,30,34)/t15?,16?,18-,22+,23-/m0/s1. The number of aromatic nitrogens is 1. The number of carbonyl (C=O) groups excluding carboxylic acids is 3. The molecule has 2 fully saturated rings. The highest BCUT2D eigenvalue weighted by molar-refractivity contribution is 6.02. The quantitative estimate of drug-likeness (QED) is 0.450. The lowest BCUT2D eigenvalue weighted by Gasteiger charge is -2.21. The zero-order valence-corrected chi connectivity index (χ0v) is 20.4. The third-order valence-electron chi connectivity index (χ3n) is 7.12. The highest BCUT2D eigenvalue weighted by Gasteiger charge is 2.41. The van der Waals surface area contributed by atoms with Crippen LogP contribution in [0.1, 0.15) is 55.1 Å². The van der Waals surface area contributed by atoms with E-state index < -0.39 is 29.9 Å². The highest BCUT2D eigenvalue weighted by atomic mass is 19.1. The fourth-order valence-corrected chi connectivity index (χ4v) is 4.97. The fourth-order valence-electron chi connectivity index (χ4n) is 4.97. The zero-order valence-electron chi connectivity index (χ0n) is 20.4. The molecule has 3 atom stereocenters. The van der Waals surface area contributed by atoms with Crippen LogP contribution in [-0.2, 0) is 9.59 Å². The number of halogens is 1. The Morgan fingerprint density at radius 3 is 2.67 bits per heavy atom. The molecular formula is C27H30FN3O5. The number of carbonyl (C=O) groups is 3. The van der Waals surface area contributed by atoms with Gasteiger partial charge in [-0.3, -0.25) is 9.59 Å². The second-order valence-corrected chi connectivity index (χ2v) is 9.33. The number of rotatable bonds is 7. The van der Waals surface area contributed by atoms with Crippen molar-refractivity contribution < 1.29 is 28.2 Å². The molecule has 0 bridgehead atoms. The van der Waals surface area contributed by atoms with Gasteiger partial charge in [-0.25, -0.2) is 9.37 Å². The molecule has 3 N–H and O–H groups in total. The van der Waals surface area contributed by atoms with Crippen LogP contribution in [0.3, 0.4) is 0 Å². The summed E-state index contributed by atoms with van der Waals surface area (Å²) >= 11 is 0. The minimum absolute atomic E-state index is 0.0207. The van der Waals surface area contributed by atoms with Crippen LogP contribution in [0.25, 0.3) is 10.8 Å². The van der Waals surface area contributed by atoms with E-state index in [9.17, 15) is 18.8 Å². The second-order valence-electron chi connectivity index (χ2n) is 9.33. The zero-order chi connectivity index (χ0) is 25.8. The molecule has 1 aliphatic heterocycles. The molecular weight excluding hydrogens is 465 g/mol. The van der Waals surface area contributed by atoms with Gasteiger partial charge in [-0.15, -0.1) is 0 Å². The Bertz CT molecular complexity index is 1230. The molecule has 1 aromatic carbocycles. The Hall–Kier alpha value is -3.67. The summed E-state index contributed by atoms with van der Waals surface area (Å²) in [6, 6.07) is 4.71. The third kappa shape index (κ3) is 5.13. The van der Waals surface area contributed by atoms with Gasteiger partial charge in [0.15, 0.2) is 6.17 Å². The molecule has 0 radical (unpaired) electrons. The summed E-state index contributed by atoms with van der Waals surface area (Å²) in [6.07, 6.45) is 3.09. The first-order valence-corrected chi connectivity index (χ1v) is 12.2. The summed E-state index contributed by atoms with van der Waals surface area (Å²) in [5, 5.41) is 3.81. The van der Waals surface area contributed by atoms with E-state index in [1.54, 1.807) is 18.2 Å². The Kier molecular flexibility index (Phi) is 7.73. The number of aldehydes is 1. The van der Waals surface area contributed by atoms with Gasteiger partial charge < -0.3 is 25.3 Å². The number of pyridine rings is 1. The number of methoxy groups -OCH3 is 1. The summed E-state index contributed by atoms with van der Waals surface area (Å²) in [4.78, 5) is 39.7. The molecule has 1 aromatic heterocycles. The van der Waals surface area contributed by atoms with E-state index in [0.29, 0.717) is 28.5 Å². The molecule has 2 amide bonds. The highest BCUT2D eigenvalue weighted by Crippen LogP contribution is 2.33. The van der Waals surface area contributed by atoms with E-state index in [1.807, 2.05) is 6.92 Å². The maximum absolute atomic E-state index is 14.2. The summed E-state index contributed by atoms with van der Waals surface area (Å²) in [6.45, 7) is 1.79. The largest absolute Gasteiger partial charge is 0.497 e. The van der Waals surface area contributed by atoms with Crippen LogP contribution in [0.2, 0.25) is 0 Å². The maximum Gasteiger partial charge on any atom is 0.268 e. The molecule has 2 aromatic rings. The van der Waals surface area contributed by atoms with Crippen molar-refractivity contribution in [2.75, 3.05) is 13.7 Å². The Balaban J connectivity index is 1.71. The Morgan fingerprint density at radius 2 is 2.03 bits per heavy atom. The van der Waals surface area contributed by atoms with Crippen molar-refractivity contribution in [1.82, 2.24) is 10.3 Å². The molecule has 8 nitrogen and oxygen atoms in total. The number of benzene rings is 1. The van der Waals surface area contributed by atoms with Crippen LogP contribution in [0, 0.1) is 29.6 Å². The van der Waals surface area contributed by atoms with Crippen molar-refractivity contribution in [3.05, 3.63) is 29.5 Å². The van der Waals surface area contributed by atoms with Gasteiger partial charge >= 0.3 is 0 Å². The normalized spacial score (nSPS) is 25.5. The third-order valence-corrected chi connectivity index (χ3v) is 7.12. The van der Waals surface area contributed by atoms with Gasteiger partial charge in [-0.2, -0.15) is 0 Å². The number of hydrogen-bond donors (Lipinski definition) is 2. The lowest BCUT2D eigenvalue weighted by atomic mass is 9.83. The van der Waals surface area contributed by atoms with E-state index in [2.05, 4.69) is 22.1 Å². The van der Waals surface area contributed by atoms with Gasteiger partial charge in [0, 0.05) is 28.5 Å². The lowest BCUT2D eigenvalue weighted by molar-refractivity contribution is -0.124. The molecule has 2 aliphatic rings. The maximum atomic E-state index is 14.2. The molecule has 1 saturated heterocycles. The molecule has 0 unspecified atom stereocenters. The SMILES string of the molecule is CC[C@@H]1[C@H](F)C(=O)N[C@@H]1COc1nc(C(N)=O)c(C#CC2CCC(C=O)CC2)c2ccc(OC)cc12. The molecule has 0 spiro atoms. The fraction of sp³-hybridized carbons (Fsp3) is 0.481. The van der Waals surface area contributed by atoms with Gasteiger partial charge in [0.05, 0.1) is 18.7 Å². The number of ether oxygens (including phenoxy) is 2. The van der Waals surface area contributed by atoms with E-state index in [0.717, 1.165) is 32.0 Å². The average molecular weight is 496 g/mol. The van der Waals surface area contributed by atoms with E-state index >= 15 is 0 Å². The number of nitrogens with one attached hydrogen (secondary N) is 1. The van der Waals surface area contributed by atoms with Gasteiger partial charge in [0.1, 0.15) is 24.3 Å². The number of alkyl halides is 1. The average Bonchev–Trinajstić information content (AvgIpc) is 3.17. The Morgan fingerprint density at radius 1 is 1.28 bits per heavy atom. The van der Waals surface area contributed by atoms with Crippen molar-refractivity contribution in [3.8, 4) is 23.5 Å². The molecule has 190 valence electrons. The van der Waals surface area contributed by atoms with Crippen LogP contribution in [-0.4, -0.2) is 49.0 Å².